The molecule has 2 aromatic carbocycles. The number of hydrogen-bond acceptors (Lipinski definition) is 4. The third-order valence-electron chi connectivity index (χ3n) is 7.31. The topological polar surface area (TPSA) is 65.5 Å². The smallest absolute Gasteiger partial charge is 0.253 e. The first-order valence-electron chi connectivity index (χ1n) is 12.2. The summed E-state index contributed by atoms with van der Waals surface area (Å²) < 4.78 is 13.6. The lowest BCUT2D eigenvalue weighted by atomic mass is 10.0. The van der Waals surface area contributed by atoms with E-state index in [2.05, 4.69) is 15.2 Å². The molecule has 1 aromatic heterocycles. The molecule has 5 rings (SSSR count). The van der Waals surface area contributed by atoms with Crippen molar-refractivity contribution >= 4 is 29.1 Å². The fraction of sp³-hybridized carbons (Fsp3) is 0.321. The molecule has 1 unspecified atom stereocenters. The molecule has 3 aromatic rings. The van der Waals surface area contributed by atoms with E-state index in [1.807, 2.05) is 42.3 Å². The molecule has 0 spiro atoms. The van der Waals surface area contributed by atoms with E-state index in [9.17, 15) is 14.0 Å². The average molecular weight is 507 g/mol. The van der Waals surface area contributed by atoms with Gasteiger partial charge in [0.2, 0.25) is 0 Å². The summed E-state index contributed by atoms with van der Waals surface area (Å²) in [5, 5.41) is 3.18. The number of hydrogen-bond donors (Lipinski definition) is 1. The van der Waals surface area contributed by atoms with E-state index in [0.29, 0.717) is 5.56 Å². The molecular formula is C28H28ClFN4O2. The quantitative estimate of drug-likeness (QED) is 0.527. The minimum absolute atomic E-state index is 0.0131. The van der Waals surface area contributed by atoms with Gasteiger partial charge in [0.05, 0.1) is 16.6 Å². The molecule has 2 amide bonds. The third-order valence-corrected chi connectivity index (χ3v) is 7.64. The normalized spacial score (nSPS) is 17.5. The maximum atomic E-state index is 13.6. The Morgan fingerprint density at radius 1 is 1.06 bits per heavy atom. The SMILES string of the molecule is CN(C(=O)c1ccc2c(c1)CCC2NC(=O)c1cc(F)ccc1Cl)C1CCN(c2ccncc2)CC1. The Bertz CT molecular complexity index is 1280. The van der Waals surface area contributed by atoms with Crippen LogP contribution >= 0.6 is 11.6 Å². The van der Waals surface area contributed by atoms with Crippen molar-refractivity contribution in [1.82, 2.24) is 15.2 Å². The molecule has 186 valence electrons. The summed E-state index contributed by atoms with van der Waals surface area (Å²) in [4.78, 5) is 34.3. The number of benzene rings is 2. The molecule has 2 heterocycles. The molecule has 1 N–H and O–H groups in total. The number of pyridine rings is 1. The fourth-order valence-corrected chi connectivity index (χ4v) is 5.45. The highest BCUT2D eigenvalue weighted by Gasteiger charge is 2.29. The second-order valence-electron chi connectivity index (χ2n) is 9.44. The molecule has 1 fully saturated rings. The van der Waals surface area contributed by atoms with Crippen molar-refractivity contribution in [3.63, 3.8) is 0 Å². The minimum Gasteiger partial charge on any atom is -0.371 e. The molecule has 1 saturated heterocycles. The number of fused-ring (bicyclic) bond motifs is 1. The Hall–Kier alpha value is -3.45. The van der Waals surface area contributed by atoms with Gasteiger partial charge in [-0.25, -0.2) is 4.39 Å². The highest BCUT2D eigenvalue weighted by atomic mass is 35.5. The Labute approximate surface area is 215 Å². The summed E-state index contributed by atoms with van der Waals surface area (Å²) in [5.41, 5.74) is 3.98. The molecule has 1 aliphatic carbocycles. The van der Waals surface area contributed by atoms with Crippen molar-refractivity contribution < 1.29 is 14.0 Å². The van der Waals surface area contributed by atoms with E-state index in [0.717, 1.165) is 61.7 Å². The van der Waals surface area contributed by atoms with Crippen LogP contribution in [0, 0.1) is 5.82 Å². The molecule has 0 radical (unpaired) electrons. The van der Waals surface area contributed by atoms with Crippen LogP contribution in [0.3, 0.4) is 0 Å². The Kier molecular flexibility index (Phi) is 6.92. The molecule has 8 heteroatoms. The average Bonchev–Trinajstić information content (AvgIpc) is 3.31. The van der Waals surface area contributed by atoms with Crippen molar-refractivity contribution in [2.24, 2.45) is 0 Å². The predicted molar refractivity (Wildman–Crippen MR) is 138 cm³/mol. The van der Waals surface area contributed by atoms with Gasteiger partial charge in [0.15, 0.2) is 0 Å². The van der Waals surface area contributed by atoms with Gasteiger partial charge in [-0.05, 0) is 79.3 Å². The van der Waals surface area contributed by atoms with Crippen molar-refractivity contribution in [3.05, 3.63) is 94.0 Å². The summed E-state index contributed by atoms with van der Waals surface area (Å²) in [6.07, 6.45) is 6.90. The summed E-state index contributed by atoms with van der Waals surface area (Å²) in [6, 6.07) is 13.5. The number of aryl methyl sites for hydroxylation is 1. The molecule has 1 atom stereocenters. The van der Waals surface area contributed by atoms with Gasteiger partial charge < -0.3 is 15.1 Å². The van der Waals surface area contributed by atoms with E-state index in [-0.39, 0.29) is 28.6 Å². The molecule has 0 bridgehead atoms. The number of anilines is 1. The lowest BCUT2D eigenvalue weighted by Crippen LogP contribution is -2.45. The van der Waals surface area contributed by atoms with Gasteiger partial charge >= 0.3 is 0 Å². The largest absolute Gasteiger partial charge is 0.371 e. The van der Waals surface area contributed by atoms with Crippen LogP contribution in [0.5, 0.6) is 0 Å². The van der Waals surface area contributed by atoms with Crippen LogP contribution < -0.4 is 10.2 Å². The monoisotopic (exact) mass is 506 g/mol. The number of nitrogens with zero attached hydrogens (tertiary/aromatic N) is 3. The summed E-state index contributed by atoms with van der Waals surface area (Å²) in [5.74, 6) is -0.902. The number of amides is 2. The van der Waals surface area contributed by atoms with E-state index in [4.69, 9.17) is 11.6 Å². The summed E-state index contributed by atoms with van der Waals surface area (Å²) >= 11 is 6.09. The van der Waals surface area contributed by atoms with Gasteiger partial charge in [-0.2, -0.15) is 0 Å². The third kappa shape index (κ3) is 4.93. The van der Waals surface area contributed by atoms with E-state index in [1.54, 1.807) is 12.4 Å². The van der Waals surface area contributed by atoms with Crippen molar-refractivity contribution in [2.45, 2.75) is 37.8 Å². The first-order chi connectivity index (χ1) is 17.4. The molecule has 0 saturated carbocycles. The van der Waals surface area contributed by atoms with Crippen LogP contribution in [0.1, 0.15) is 57.1 Å². The summed E-state index contributed by atoms with van der Waals surface area (Å²) in [7, 11) is 1.88. The Morgan fingerprint density at radius 2 is 1.81 bits per heavy atom. The minimum atomic E-state index is -0.508. The Balaban J connectivity index is 1.22. The van der Waals surface area contributed by atoms with Crippen LogP contribution in [0.25, 0.3) is 0 Å². The zero-order valence-corrected chi connectivity index (χ0v) is 20.8. The maximum Gasteiger partial charge on any atom is 0.253 e. The number of rotatable bonds is 5. The van der Waals surface area contributed by atoms with Gasteiger partial charge in [0, 0.05) is 49.8 Å². The maximum absolute atomic E-state index is 13.6. The predicted octanol–water partition coefficient (Wildman–Crippen LogP) is 5.03. The van der Waals surface area contributed by atoms with Crippen LogP contribution in [0.2, 0.25) is 5.02 Å². The lowest BCUT2D eigenvalue weighted by molar-refractivity contribution is 0.0709. The number of halogens is 2. The zero-order valence-electron chi connectivity index (χ0n) is 20.1. The fourth-order valence-electron chi connectivity index (χ4n) is 5.24. The second kappa shape index (κ2) is 10.3. The Morgan fingerprint density at radius 3 is 2.56 bits per heavy atom. The van der Waals surface area contributed by atoms with Gasteiger partial charge in [0.25, 0.3) is 11.8 Å². The van der Waals surface area contributed by atoms with Gasteiger partial charge in [-0.3, -0.25) is 14.6 Å². The number of nitrogens with one attached hydrogen (secondary N) is 1. The van der Waals surface area contributed by atoms with Crippen LogP contribution in [-0.2, 0) is 6.42 Å². The first-order valence-corrected chi connectivity index (χ1v) is 12.6. The van der Waals surface area contributed by atoms with E-state index >= 15 is 0 Å². The van der Waals surface area contributed by atoms with E-state index < -0.39 is 11.7 Å². The van der Waals surface area contributed by atoms with Crippen LogP contribution in [0.4, 0.5) is 10.1 Å². The number of carbonyl (C=O) groups excluding carboxylic acids is 2. The zero-order chi connectivity index (χ0) is 25.2. The molecule has 6 nitrogen and oxygen atoms in total. The number of carbonyl (C=O) groups is 2. The van der Waals surface area contributed by atoms with Gasteiger partial charge in [0.1, 0.15) is 5.82 Å². The molecule has 36 heavy (non-hydrogen) atoms. The van der Waals surface area contributed by atoms with Gasteiger partial charge in [-0.1, -0.05) is 17.7 Å². The molecule has 2 aliphatic rings. The van der Waals surface area contributed by atoms with Crippen molar-refractivity contribution in [1.29, 1.82) is 0 Å². The summed E-state index contributed by atoms with van der Waals surface area (Å²) in [6.45, 7) is 1.79. The molecule has 1 aliphatic heterocycles. The first kappa shape index (κ1) is 24.3. The standard InChI is InChI=1S/C28H28ClFN4O2/c1-33(21-10-14-34(15-11-21)22-8-12-31-13-9-22)28(36)19-2-5-23-18(16-19)3-7-26(23)32-27(35)24-17-20(30)4-6-25(24)29/h2,4-6,8-9,12-13,16-17,21,26H,3,7,10-11,14-15H2,1H3,(H,32,35). The van der Waals surface area contributed by atoms with Gasteiger partial charge in [-0.15, -0.1) is 0 Å². The molecular weight excluding hydrogens is 479 g/mol. The van der Waals surface area contributed by atoms with Crippen LogP contribution in [0.15, 0.2) is 60.9 Å². The van der Waals surface area contributed by atoms with Crippen molar-refractivity contribution in [3.8, 4) is 0 Å². The number of piperidine rings is 1. The van der Waals surface area contributed by atoms with Crippen molar-refractivity contribution in [2.75, 3.05) is 25.0 Å². The van der Waals surface area contributed by atoms with E-state index in [1.165, 1.54) is 12.1 Å². The highest BCUT2D eigenvalue weighted by molar-refractivity contribution is 6.33. The highest BCUT2D eigenvalue weighted by Crippen LogP contribution is 2.33. The lowest BCUT2D eigenvalue weighted by Gasteiger charge is -2.37. The second-order valence-corrected chi connectivity index (χ2v) is 9.85. The van der Waals surface area contributed by atoms with Crippen LogP contribution in [-0.4, -0.2) is 47.9 Å². The number of aromatic nitrogens is 1.